The van der Waals surface area contributed by atoms with Crippen molar-refractivity contribution in [1.29, 1.82) is 5.26 Å². The number of anilines is 1. The molecule has 1 N–H and O–H groups in total. The molecule has 3 rings (SSSR count). The van der Waals surface area contributed by atoms with E-state index in [9.17, 15) is 9.59 Å². The van der Waals surface area contributed by atoms with Crippen LogP contribution in [0.15, 0.2) is 29.6 Å². The lowest BCUT2D eigenvalue weighted by molar-refractivity contribution is 0.0520. The van der Waals surface area contributed by atoms with E-state index in [1.807, 2.05) is 0 Å². The smallest absolute Gasteiger partial charge is 0.357 e. The van der Waals surface area contributed by atoms with Crippen LogP contribution in [0.5, 0.6) is 0 Å². The minimum atomic E-state index is -0.453. The summed E-state index contributed by atoms with van der Waals surface area (Å²) in [6.07, 6.45) is 1.89. The lowest BCUT2D eigenvalue weighted by Gasteiger charge is -2.21. The van der Waals surface area contributed by atoms with Gasteiger partial charge in [0.1, 0.15) is 5.01 Å². The molecule has 8 heteroatoms. The van der Waals surface area contributed by atoms with Crippen LogP contribution in [0.2, 0.25) is 0 Å². The molecule has 1 aromatic heterocycles. The molecule has 134 valence electrons. The van der Waals surface area contributed by atoms with Crippen molar-refractivity contribution < 1.29 is 14.3 Å². The Balaban J connectivity index is 1.68. The Morgan fingerprint density at radius 2 is 2.27 bits per heavy atom. The molecule has 26 heavy (non-hydrogen) atoms. The average Bonchev–Trinajstić information content (AvgIpc) is 3.37. The monoisotopic (exact) mass is 370 g/mol. The molecule has 0 saturated heterocycles. The van der Waals surface area contributed by atoms with Crippen LogP contribution in [0.4, 0.5) is 10.5 Å². The van der Waals surface area contributed by atoms with Gasteiger partial charge in [-0.2, -0.15) is 5.26 Å². The predicted molar refractivity (Wildman–Crippen MR) is 96.8 cm³/mol. The molecule has 1 aromatic carbocycles. The molecule has 1 aliphatic carbocycles. The minimum absolute atomic E-state index is 0.170. The third-order valence-corrected chi connectivity index (χ3v) is 4.67. The zero-order chi connectivity index (χ0) is 18.5. The van der Waals surface area contributed by atoms with Crippen LogP contribution >= 0.6 is 11.3 Å². The van der Waals surface area contributed by atoms with E-state index in [0.717, 1.165) is 12.8 Å². The number of benzene rings is 1. The topological polar surface area (TPSA) is 95.3 Å². The van der Waals surface area contributed by atoms with Gasteiger partial charge in [-0.25, -0.2) is 14.6 Å². The van der Waals surface area contributed by atoms with Crippen LogP contribution in [-0.4, -0.2) is 34.5 Å². The van der Waals surface area contributed by atoms with Gasteiger partial charge in [0.15, 0.2) is 5.69 Å². The van der Waals surface area contributed by atoms with Gasteiger partial charge in [0, 0.05) is 17.1 Å². The number of nitriles is 1. The van der Waals surface area contributed by atoms with E-state index < -0.39 is 5.97 Å². The van der Waals surface area contributed by atoms with Crippen molar-refractivity contribution in [3.8, 4) is 6.07 Å². The summed E-state index contributed by atoms with van der Waals surface area (Å²) in [7, 11) is 0. The number of esters is 1. The Morgan fingerprint density at radius 3 is 2.96 bits per heavy atom. The minimum Gasteiger partial charge on any atom is -0.461 e. The first kappa shape index (κ1) is 17.9. The summed E-state index contributed by atoms with van der Waals surface area (Å²) >= 11 is 1.33. The zero-order valence-corrected chi connectivity index (χ0v) is 15.1. The SMILES string of the molecule is CCOC(=O)c1csc(CN(C(=O)Nc2cccc(C#N)c2)C2CC2)n1. The Morgan fingerprint density at radius 1 is 1.46 bits per heavy atom. The van der Waals surface area contributed by atoms with Crippen molar-refractivity contribution in [2.75, 3.05) is 11.9 Å². The van der Waals surface area contributed by atoms with E-state index in [1.54, 1.807) is 41.5 Å². The van der Waals surface area contributed by atoms with Gasteiger partial charge >= 0.3 is 12.0 Å². The van der Waals surface area contributed by atoms with E-state index in [4.69, 9.17) is 10.00 Å². The standard InChI is InChI=1S/C18H18N4O3S/c1-2-25-17(23)15-11-26-16(21-15)10-22(14-6-7-14)18(24)20-13-5-3-4-12(8-13)9-19/h3-5,8,11,14H,2,6-7,10H2,1H3,(H,20,24). The maximum atomic E-state index is 12.7. The fourth-order valence-electron chi connectivity index (χ4n) is 2.44. The number of ether oxygens (including phenoxy) is 1. The highest BCUT2D eigenvalue weighted by Gasteiger charge is 2.33. The van der Waals surface area contributed by atoms with Crippen LogP contribution in [-0.2, 0) is 11.3 Å². The van der Waals surface area contributed by atoms with Gasteiger partial charge in [-0.1, -0.05) is 6.07 Å². The Bertz CT molecular complexity index is 854. The van der Waals surface area contributed by atoms with Crippen LogP contribution in [0, 0.1) is 11.3 Å². The lowest BCUT2D eigenvalue weighted by atomic mass is 10.2. The summed E-state index contributed by atoms with van der Waals surface area (Å²) in [5.41, 5.74) is 1.33. The third kappa shape index (κ3) is 4.37. The van der Waals surface area contributed by atoms with Gasteiger partial charge in [0.05, 0.1) is 24.8 Å². The van der Waals surface area contributed by atoms with Crippen LogP contribution in [0.1, 0.15) is 40.8 Å². The van der Waals surface area contributed by atoms with Crippen molar-refractivity contribution in [2.45, 2.75) is 32.4 Å². The molecule has 0 aliphatic heterocycles. The van der Waals surface area contributed by atoms with Crippen LogP contribution < -0.4 is 5.32 Å². The van der Waals surface area contributed by atoms with Gasteiger partial charge in [-0.05, 0) is 38.0 Å². The third-order valence-electron chi connectivity index (χ3n) is 3.83. The second-order valence-electron chi connectivity index (χ2n) is 5.83. The van der Waals surface area contributed by atoms with Crippen molar-refractivity contribution >= 4 is 29.0 Å². The second kappa shape index (κ2) is 7.97. The summed E-state index contributed by atoms with van der Waals surface area (Å²) in [5.74, 6) is -0.453. The van der Waals surface area contributed by atoms with Crippen LogP contribution in [0.3, 0.4) is 0 Å². The Hall–Kier alpha value is -2.92. The Labute approximate surface area is 155 Å². The van der Waals surface area contributed by atoms with E-state index in [2.05, 4.69) is 16.4 Å². The number of amides is 2. The number of nitrogens with zero attached hydrogens (tertiary/aromatic N) is 3. The maximum absolute atomic E-state index is 12.7. The zero-order valence-electron chi connectivity index (χ0n) is 14.3. The van der Waals surface area contributed by atoms with Gasteiger partial charge in [0.25, 0.3) is 0 Å². The van der Waals surface area contributed by atoms with E-state index >= 15 is 0 Å². The number of hydrogen-bond donors (Lipinski definition) is 1. The molecule has 0 radical (unpaired) electrons. The molecule has 0 unspecified atom stereocenters. The average molecular weight is 370 g/mol. The van der Waals surface area contributed by atoms with Gasteiger partial charge in [-0.3, -0.25) is 0 Å². The second-order valence-corrected chi connectivity index (χ2v) is 6.77. The molecule has 0 bridgehead atoms. The summed E-state index contributed by atoms with van der Waals surface area (Å²) in [6, 6.07) is 8.76. The van der Waals surface area contributed by atoms with Crippen molar-refractivity contribution in [3.05, 3.63) is 45.9 Å². The van der Waals surface area contributed by atoms with Gasteiger partial charge in [0.2, 0.25) is 0 Å². The largest absolute Gasteiger partial charge is 0.461 e. The van der Waals surface area contributed by atoms with E-state index in [-0.39, 0.29) is 17.8 Å². The molecular weight excluding hydrogens is 352 g/mol. The summed E-state index contributed by atoms with van der Waals surface area (Å²) in [4.78, 5) is 30.4. The summed E-state index contributed by atoms with van der Waals surface area (Å²) < 4.78 is 4.94. The maximum Gasteiger partial charge on any atom is 0.357 e. The summed E-state index contributed by atoms with van der Waals surface area (Å²) in [6.45, 7) is 2.37. The number of carbonyl (C=O) groups is 2. The fourth-order valence-corrected chi connectivity index (χ4v) is 3.20. The molecule has 0 atom stereocenters. The molecule has 7 nitrogen and oxygen atoms in total. The highest BCUT2D eigenvalue weighted by Crippen LogP contribution is 2.29. The van der Waals surface area contributed by atoms with Crippen molar-refractivity contribution in [1.82, 2.24) is 9.88 Å². The normalized spacial score (nSPS) is 12.9. The number of rotatable bonds is 6. The first-order valence-corrected chi connectivity index (χ1v) is 9.18. The van der Waals surface area contributed by atoms with E-state index in [1.165, 1.54) is 11.3 Å². The molecule has 2 amide bonds. The Kier molecular flexibility index (Phi) is 5.49. The number of aromatic nitrogens is 1. The number of carbonyl (C=O) groups excluding carboxylic acids is 2. The molecule has 1 saturated carbocycles. The number of nitrogens with one attached hydrogen (secondary N) is 1. The van der Waals surface area contributed by atoms with Gasteiger partial charge < -0.3 is 15.0 Å². The van der Waals surface area contributed by atoms with E-state index in [0.29, 0.717) is 29.4 Å². The van der Waals surface area contributed by atoms with Crippen molar-refractivity contribution in [2.24, 2.45) is 0 Å². The quantitative estimate of drug-likeness (QED) is 0.787. The predicted octanol–water partition coefficient (Wildman–Crippen LogP) is 3.39. The number of urea groups is 1. The van der Waals surface area contributed by atoms with Crippen molar-refractivity contribution in [3.63, 3.8) is 0 Å². The molecular formula is C18H18N4O3S. The summed E-state index contributed by atoms with van der Waals surface area (Å²) in [5, 5.41) is 14.1. The molecule has 0 spiro atoms. The first-order chi connectivity index (χ1) is 12.6. The lowest BCUT2D eigenvalue weighted by Crippen LogP contribution is -2.36. The molecule has 2 aromatic rings. The molecule has 1 heterocycles. The first-order valence-electron chi connectivity index (χ1n) is 8.30. The number of thiazole rings is 1. The number of hydrogen-bond acceptors (Lipinski definition) is 6. The molecule has 1 aliphatic rings. The highest BCUT2D eigenvalue weighted by molar-refractivity contribution is 7.09. The van der Waals surface area contributed by atoms with Crippen LogP contribution in [0.25, 0.3) is 0 Å². The highest BCUT2D eigenvalue weighted by atomic mass is 32.1. The molecule has 1 fully saturated rings. The van der Waals surface area contributed by atoms with Gasteiger partial charge in [-0.15, -0.1) is 11.3 Å². The fraction of sp³-hybridized carbons (Fsp3) is 0.333.